The lowest BCUT2D eigenvalue weighted by molar-refractivity contribution is -0.173. The van der Waals surface area contributed by atoms with Crippen molar-refractivity contribution in [2.45, 2.75) is 108 Å². The number of likely N-dealkylation sites (tertiary alicyclic amines) is 1. The summed E-state index contributed by atoms with van der Waals surface area (Å²) in [6.07, 6.45) is 6.77. The molecular weight excluding hydrogens is 618 g/mol. The molecule has 0 unspecified atom stereocenters. The second-order valence-corrected chi connectivity index (χ2v) is 16.6. The van der Waals surface area contributed by atoms with Crippen molar-refractivity contribution in [3.05, 3.63) is 52.7 Å². The number of aliphatic hydroxyl groups is 1. The summed E-state index contributed by atoms with van der Waals surface area (Å²) in [7, 11) is 0. The Morgan fingerprint density at radius 1 is 1.18 bits per heavy atom. The number of hydrogen-bond acceptors (Lipinski definition) is 7. The number of benzene rings is 2. The van der Waals surface area contributed by atoms with Gasteiger partial charge in [0.1, 0.15) is 5.60 Å². The Morgan fingerprint density at radius 2 is 1.98 bits per heavy atom. The fourth-order valence-electron chi connectivity index (χ4n) is 9.36. The molecule has 1 amide bonds. The topological polar surface area (TPSA) is 123 Å². The minimum Gasteiger partial charge on any atom is -0.504 e. The fraction of sp³-hybridized carbons (Fsp3) is 0.590. The Kier molecular flexibility index (Phi) is 6.93. The van der Waals surface area contributed by atoms with Crippen LogP contribution in [0.15, 0.2) is 35.3 Å². The Morgan fingerprint density at radius 3 is 2.71 bits per heavy atom. The number of nitrogens with zero attached hydrogens (tertiary/aromatic N) is 3. The largest absolute Gasteiger partial charge is 0.504 e. The number of piperidine rings is 1. The molecule has 10 heteroatoms. The second-order valence-electron chi connectivity index (χ2n) is 16.6. The summed E-state index contributed by atoms with van der Waals surface area (Å²) < 4.78 is 12.6. The highest BCUT2D eigenvalue weighted by molar-refractivity contribution is 6.03. The van der Waals surface area contributed by atoms with Crippen molar-refractivity contribution in [1.29, 1.82) is 0 Å². The minimum absolute atomic E-state index is 0.0343. The third kappa shape index (κ3) is 4.88. The summed E-state index contributed by atoms with van der Waals surface area (Å²) in [5.74, 6) is 2.35. The highest BCUT2D eigenvalue weighted by atomic mass is 16.6. The molecule has 4 aliphatic carbocycles. The highest BCUT2D eigenvalue weighted by Gasteiger charge is 2.72. The lowest BCUT2D eigenvalue weighted by atomic mass is 9.49. The quantitative estimate of drug-likeness (QED) is 0.170. The van der Waals surface area contributed by atoms with E-state index in [1.54, 1.807) is 11.0 Å². The van der Waals surface area contributed by atoms with Crippen LogP contribution >= 0.6 is 0 Å². The van der Waals surface area contributed by atoms with E-state index in [1.165, 1.54) is 18.4 Å². The number of nitrogens with one attached hydrogen (secondary N) is 2. The van der Waals surface area contributed by atoms with E-state index < -0.39 is 28.8 Å². The van der Waals surface area contributed by atoms with E-state index >= 15 is 0 Å². The highest BCUT2D eigenvalue weighted by Crippen LogP contribution is 2.69. The van der Waals surface area contributed by atoms with E-state index in [0.717, 1.165) is 84.5 Å². The molecule has 1 saturated heterocycles. The van der Waals surface area contributed by atoms with E-state index in [0.29, 0.717) is 37.1 Å². The van der Waals surface area contributed by atoms with E-state index in [2.05, 4.69) is 40.3 Å². The van der Waals surface area contributed by atoms with Gasteiger partial charge in [-0.3, -0.25) is 9.89 Å². The van der Waals surface area contributed by atoms with Crippen LogP contribution in [0, 0.1) is 11.8 Å². The Labute approximate surface area is 287 Å². The van der Waals surface area contributed by atoms with Gasteiger partial charge in [-0.15, -0.1) is 0 Å². The Balaban J connectivity index is 1.12. The number of fused-ring (bicyclic) bond motifs is 4. The van der Waals surface area contributed by atoms with Crippen molar-refractivity contribution in [1.82, 2.24) is 14.8 Å². The van der Waals surface area contributed by atoms with Crippen LogP contribution in [0.4, 0.5) is 10.5 Å². The first kappa shape index (κ1) is 31.2. The number of carbonyl (C=O) groups is 1. The van der Waals surface area contributed by atoms with Crippen LogP contribution in [0.2, 0.25) is 0 Å². The molecule has 2 bridgehead atoms. The zero-order valence-corrected chi connectivity index (χ0v) is 29.1. The van der Waals surface area contributed by atoms with Gasteiger partial charge in [0.05, 0.1) is 16.7 Å². The number of aromatic amines is 1. The maximum atomic E-state index is 13.5. The number of carbonyl (C=O) groups excluding carboxylic acids is 1. The van der Waals surface area contributed by atoms with Crippen LogP contribution in [-0.2, 0) is 23.0 Å². The van der Waals surface area contributed by atoms with Gasteiger partial charge in [-0.05, 0) is 119 Å². The Bertz CT molecular complexity index is 1870. The van der Waals surface area contributed by atoms with Gasteiger partial charge >= 0.3 is 6.09 Å². The molecule has 1 aromatic heterocycles. The van der Waals surface area contributed by atoms with Gasteiger partial charge in [-0.1, -0.05) is 13.0 Å². The molecule has 0 radical (unpaired) electrons. The molecule has 3 heterocycles. The molecule has 9 rings (SSSR count). The number of ether oxygens (including phenoxy) is 2. The van der Waals surface area contributed by atoms with E-state index in [-0.39, 0.29) is 11.8 Å². The maximum absolute atomic E-state index is 13.5. The summed E-state index contributed by atoms with van der Waals surface area (Å²) in [5, 5.41) is 28.8. The molecule has 260 valence electrons. The predicted molar refractivity (Wildman–Crippen MR) is 188 cm³/mol. The lowest BCUT2D eigenvalue weighted by Gasteiger charge is -2.62. The normalized spacial score (nSPS) is 28.6. The summed E-state index contributed by atoms with van der Waals surface area (Å²) in [5.41, 5.74) is 3.72. The number of aromatic nitrogens is 1. The number of hydrogen-bond donors (Lipinski definition) is 4. The number of guanidine groups is 1. The molecule has 6 aliphatic rings. The molecule has 2 aliphatic heterocycles. The minimum atomic E-state index is -1.06. The van der Waals surface area contributed by atoms with E-state index in [1.807, 2.05) is 26.8 Å². The molecule has 3 fully saturated rings. The predicted octanol–water partition coefficient (Wildman–Crippen LogP) is 6.40. The van der Waals surface area contributed by atoms with Crippen molar-refractivity contribution in [3.8, 4) is 11.5 Å². The summed E-state index contributed by atoms with van der Waals surface area (Å²) in [6, 6.07) is 9.97. The zero-order chi connectivity index (χ0) is 33.9. The van der Waals surface area contributed by atoms with Crippen LogP contribution in [0.3, 0.4) is 0 Å². The molecule has 3 aromatic rings. The van der Waals surface area contributed by atoms with Gasteiger partial charge in [-0.2, -0.15) is 0 Å². The Hall–Kier alpha value is -3.76. The molecule has 1 spiro atoms. The van der Waals surface area contributed by atoms with Crippen molar-refractivity contribution in [3.63, 3.8) is 0 Å². The second kappa shape index (κ2) is 10.9. The third-order valence-corrected chi connectivity index (χ3v) is 11.9. The number of anilines is 1. The van der Waals surface area contributed by atoms with Gasteiger partial charge in [0.15, 0.2) is 17.6 Å². The van der Waals surface area contributed by atoms with Gasteiger partial charge in [-0.25, -0.2) is 9.69 Å². The number of aromatic hydroxyl groups is 1. The number of phenolic OH excluding ortho intramolecular Hbond substituents is 1. The molecular formula is C39H49N5O5. The molecule has 2 aromatic carbocycles. The fourth-order valence-corrected chi connectivity index (χ4v) is 9.36. The van der Waals surface area contributed by atoms with Gasteiger partial charge in [0, 0.05) is 54.3 Å². The van der Waals surface area contributed by atoms with Crippen molar-refractivity contribution in [2.75, 3.05) is 31.5 Å². The molecule has 49 heavy (non-hydrogen) atoms. The maximum Gasteiger partial charge on any atom is 0.417 e. The number of phenols is 1. The van der Waals surface area contributed by atoms with Gasteiger partial charge in [0.25, 0.3) is 0 Å². The number of rotatable bonds is 7. The van der Waals surface area contributed by atoms with Gasteiger partial charge in [0.2, 0.25) is 5.96 Å². The standard InChI is InChI=1S/C39H49N5O5/c1-5-15-40-35(44(21-23-8-9-23)36(46)49-37(2,3)4)41-25-11-12-28-26(18-25)27-19-39(47)30-17-24-10-13-29(45)33-31(24)38(39,34(48-33)32(27)42-28)14-16-43(30)20-22-6-7-22/h10-13,18,22-23,30,34,42,45,47H,5-9,14-17,19-21H2,1-4H3,(H,40,41)/t30-,34+,38+,39-/m1/s1. The van der Waals surface area contributed by atoms with Crippen LogP contribution in [0.1, 0.15) is 94.7 Å². The number of amides is 1. The summed E-state index contributed by atoms with van der Waals surface area (Å²) in [4.78, 5) is 26.3. The number of aliphatic imine (C=N–C) groups is 1. The lowest BCUT2D eigenvalue weighted by Crippen LogP contribution is -2.74. The average molecular weight is 668 g/mol. The monoisotopic (exact) mass is 667 g/mol. The zero-order valence-electron chi connectivity index (χ0n) is 29.1. The number of H-pyrrole nitrogens is 1. The van der Waals surface area contributed by atoms with Crippen molar-refractivity contribution < 1.29 is 24.5 Å². The van der Waals surface area contributed by atoms with Crippen LogP contribution < -0.4 is 10.1 Å². The molecule has 4 N–H and O–H groups in total. The first-order chi connectivity index (χ1) is 23.5. The first-order valence-corrected chi connectivity index (χ1v) is 18.4. The van der Waals surface area contributed by atoms with Crippen LogP contribution in [-0.4, -0.2) is 80.5 Å². The van der Waals surface area contributed by atoms with Crippen molar-refractivity contribution in [2.24, 2.45) is 16.8 Å². The van der Waals surface area contributed by atoms with Crippen molar-refractivity contribution >= 4 is 28.6 Å². The van der Waals surface area contributed by atoms with E-state index in [4.69, 9.17) is 14.5 Å². The SMILES string of the molecule is CCCN=C(Nc1ccc2[nH]c3c(c2c1)C[C@@]1(O)[C@H]2Cc4ccc(O)c5c4[C@@]1(CCN2CC1CC1)[C@H]3O5)N(CC1CC1)C(=O)OC(C)(C)C. The van der Waals surface area contributed by atoms with E-state index in [9.17, 15) is 15.0 Å². The molecule has 4 atom stereocenters. The summed E-state index contributed by atoms with van der Waals surface area (Å²) in [6.45, 7) is 10.8. The molecule has 10 nitrogen and oxygen atoms in total. The first-order valence-electron chi connectivity index (χ1n) is 18.4. The van der Waals surface area contributed by atoms with Crippen LogP contribution in [0.5, 0.6) is 11.5 Å². The smallest absolute Gasteiger partial charge is 0.417 e. The molecule has 2 saturated carbocycles. The van der Waals surface area contributed by atoms with Gasteiger partial charge < -0.3 is 30.0 Å². The summed E-state index contributed by atoms with van der Waals surface area (Å²) >= 11 is 0. The van der Waals surface area contributed by atoms with Crippen LogP contribution in [0.25, 0.3) is 10.9 Å². The third-order valence-electron chi connectivity index (χ3n) is 11.9. The average Bonchev–Trinajstić information content (AvgIpc) is 3.98.